The van der Waals surface area contributed by atoms with Crippen molar-refractivity contribution < 1.29 is 28.6 Å². The van der Waals surface area contributed by atoms with Crippen LogP contribution in [0, 0.1) is 17.2 Å². The van der Waals surface area contributed by atoms with E-state index in [1.54, 1.807) is 0 Å². The number of piperidine rings is 1. The van der Waals surface area contributed by atoms with Crippen molar-refractivity contribution in [1.29, 1.82) is 0 Å². The first-order valence-corrected chi connectivity index (χ1v) is 12.4. The number of amides is 1. The zero-order valence-electron chi connectivity index (χ0n) is 19.6. The molecule has 186 valence electrons. The normalized spacial score (nSPS) is 29.7. The minimum absolute atomic E-state index is 0.00479. The number of para-hydroxylation sites is 1. The summed E-state index contributed by atoms with van der Waals surface area (Å²) in [4.78, 5) is 26.5. The van der Waals surface area contributed by atoms with Crippen LogP contribution in [0.1, 0.15) is 61.1 Å². The fraction of sp³-hybridized carbons (Fsp3) is 0.481. The Labute approximate surface area is 209 Å². The van der Waals surface area contributed by atoms with Gasteiger partial charge in [-0.2, -0.15) is 0 Å². The number of ether oxygens (including phenoxy) is 2. The Hall–Kier alpha value is -2.64. The molecule has 3 heterocycles. The second-order valence-electron chi connectivity index (χ2n) is 10.3. The van der Waals surface area contributed by atoms with Gasteiger partial charge < -0.3 is 19.5 Å². The quantitative estimate of drug-likeness (QED) is 0.599. The second-order valence-corrected chi connectivity index (χ2v) is 10.8. The lowest BCUT2D eigenvalue weighted by Crippen LogP contribution is -2.57. The van der Waals surface area contributed by atoms with Crippen molar-refractivity contribution in [2.45, 2.75) is 50.7 Å². The summed E-state index contributed by atoms with van der Waals surface area (Å²) < 4.78 is 26.6. The maximum atomic E-state index is 13.6. The number of nitrogens with zero attached hydrogens (tertiary/aromatic N) is 1. The highest BCUT2D eigenvalue weighted by molar-refractivity contribution is 6.31. The lowest BCUT2D eigenvalue weighted by atomic mass is 9.64. The van der Waals surface area contributed by atoms with Gasteiger partial charge in [-0.25, -0.2) is 4.39 Å². The molecule has 3 aliphatic heterocycles. The molecule has 1 N–H and O–H groups in total. The number of hydrogen-bond donors (Lipinski definition) is 1. The van der Waals surface area contributed by atoms with E-state index in [2.05, 4.69) is 0 Å². The number of likely N-dealkylation sites (tertiary alicyclic amines) is 1. The van der Waals surface area contributed by atoms with Crippen molar-refractivity contribution in [1.82, 2.24) is 4.90 Å². The summed E-state index contributed by atoms with van der Waals surface area (Å²) in [6.45, 7) is 3.61. The highest BCUT2D eigenvalue weighted by atomic mass is 35.5. The average Bonchev–Trinajstić information content (AvgIpc) is 2.84. The highest BCUT2D eigenvalue weighted by Crippen LogP contribution is 2.56. The minimum atomic E-state index is -0.857. The van der Waals surface area contributed by atoms with Crippen LogP contribution in [0.5, 0.6) is 5.75 Å². The molecule has 6 nitrogen and oxygen atoms in total. The third-order valence-corrected chi connectivity index (χ3v) is 8.18. The molecule has 1 spiro atoms. The number of carboxylic acid groups (broad SMARTS) is 1. The molecule has 4 atom stereocenters. The van der Waals surface area contributed by atoms with E-state index in [4.69, 9.17) is 21.1 Å². The predicted octanol–water partition coefficient (Wildman–Crippen LogP) is 5.50. The molecule has 0 aliphatic carbocycles. The fourth-order valence-electron chi connectivity index (χ4n) is 6.06. The van der Waals surface area contributed by atoms with Crippen LogP contribution in [0.3, 0.4) is 0 Å². The van der Waals surface area contributed by atoms with Gasteiger partial charge in [-0.3, -0.25) is 9.59 Å². The molecule has 0 unspecified atom stereocenters. The largest absolute Gasteiger partial charge is 0.487 e. The Bertz CT molecular complexity index is 1160. The standard InChI is InChI=1S/C27H29ClFNO5/c1-26(11-9-23(31)32)19-14-27(16-34-24(19)18-5-2-3-6-22(18)35-26)10-4-12-30(15-27)25(33)17-7-8-21(29)20(28)13-17/h2-3,5-8,13,19,24H,4,9-12,14-16H2,1H3,(H,31,32)/t19-,24+,26-,27-/m1/s1. The Morgan fingerprint density at radius 1 is 1.26 bits per heavy atom. The molecule has 0 saturated carbocycles. The average molecular weight is 502 g/mol. The van der Waals surface area contributed by atoms with E-state index in [0.717, 1.165) is 30.6 Å². The molecule has 3 aliphatic rings. The van der Waals surface area contributed by atoms with Crippen LogP contribution in [0.2, 0.25) is 5.02 Å². The number of fused-ring (bicyclic) bond motifs is 3. The van der Waals surface area contributed by atoms with E-state index in [1.165, 1.54) is 18.2 Å². The maximum absolute atomic E-state index is 13.6. The number of benzene rings is 2. The Balaban J connectivity index is 1.41. The van der Waals surface area contributed by atoms with Crippen LogP contribution in [0.4, 0.5) is 4.39 Å². The topological polar surface area (TPSA) is 76.1 Å². The minimum Gasteiger partial charge on any atom is -0.487 e. The van der Waals surface area contributed by atoms with Gasteiger partial charge in [-0.15, -0.1) is 0 Å². The third kappa shape index (κ3) is 4.52. The summed E-state index contributed by atoms with van der Waals surface area (Å²) in [6.07, 6.45) is 2.67. The van der Waals surface area contributed by atoms with E-state index in [0.29, 0.717) is 31.7 Å². The zero-order valence-corrected chi connectivity index (χ0v) is 20.4. The molecule has 0 aromatic heterocycles. The van der Waals surface area contributed by atoms with Gasteiger partial charge in [0.05, 0.1) is 17.7 Å². The first kappa shape index (κ1) is 24.1. The predicted molar refractivity (Wildman–Crippen MR) is 128 cm³/mol. The summed E-state index contributed by atoms with van der Waals surface area (Å²) in [5.74, 6) is -0.897. The molecular formula is C27H29ClFNO5. The van der Waals surface area contributed by atoms with Crippen LogP contribution < -0.4 is 4.74 Å². The van der Waals surface area contributed by atoms with E-state index >= 15 is 0 Å². The van der Waals surface area contributed by atoms with E-state index in [1.807, 2.05) is 36.1 Å². The molecule has 0 radical (unpaired) electrons. The Kier molecular flexibility index (Phi) is 6.26. The lowest BCUT2D eigenvalue weighted by Gasteiger charge is -2.55. The molecule has 5 rings (SSSR count). The number of carbonyl (C=O) groups excluding carboxylic acids is 1. The van der Waals surface area contributed by atoms with Crippen LogP contribution in [0.15, 0.2) is 42.5 Å². The van der Waals surface area contributed by atoms with Gasteiger partial charge in [0, 0.05) is 42.0 Å². The molecule has 1 amide bonds. The van der Waals surface area contributed by atoms with Gasteiger partial charge in [-0.1, -0.05) is 29.8 Å². The van der Waals surface area contributed by atoms with Crippen molar-refractivity contribution in [3.8, 4) is 5.75 Å². The molecule has 8 heteroatoms. The summed E-state index contributed by atoms with van der Waals surface area (Å²) in [5, 5.41) is 9.30. The van der Waals surface area contributed by atoms with Crippen LogP contribution in [0.25, 0.3) is 0 Å². The van der Waals surface area contributed by atoms with Crippen LogP contribution in [-0.2, 0) is 9.53 Å². The third-order valence-electron chi connectivity index (χ3n) is 7.89. The smallest absolute Gasteiger partial charge is 0.303 e. The molecule has 35 heavy (non-hydrogen) atoms. The van der Waals surface area contributed by atoms with Gasteiger partial charge in [0.1, 0.15) is 17.2 Å². The van der Waals surface area contributed by atoms with Crippen molar-refractivity contribution >= 4 is 23.5 Å². The van der Waals surface area contributed by atoms with Gasteiger partial charge in [0.25, 0.3) is 5.91 Å². The zero-order chi connectivity index (χ0) is 24.8. The molecule has 2 aromatic carbocycles. The summed E-state index contributed by atoms with van der Waals surface area (Å²) in [5.41, 5.74) is 0.384. The summed E-state index contributed by atoms with van der Waals surface area (Å²) >= 11 is 5.92. The molecule has 2 saturated heterocycles. The first-order valence-electron chi connectivity index (χ1n) is 12.1. The molecule has 0 bridgehead atoms. The van der Waals surface area contributed by atoms with Gasteiger partial charge >= 0.3 is 5.97 Å². The monoisotopic (exact) mass is 501 g/mol. The van der Waals surface area contributed by atoms with Crippen molar-refractivity contribution in [3.63, 3.8) is 0 Å². The van der Waals surface area contributed by atoms with E-state index in [9.17, 15) is 19.1 Å². The van der Waals surface area contributed by atoms with E-state index in [-0.39, 0.29) is 34.8 Å². The number of halogens is 2. The number of carboxylic acids is 1. The van der Waals surface area contributed by atoms with E-state index < -0.39 is 17.4 Å². The fourth-order valence-corrected chi connectivity index (χ4v) is 6.24. The number of hydrogen-bond acceptors (Lipinski definition) is 4. The Morgan fingerprint density at radius 2 is 2.06 bits per heavy atom. The number of aliphatic carboxylic acids is 1. The summed E-state index contributed by atoms with van der Waals surface area (Å²) in [6, 6.07) is 11.9. The van der Waals surface area contributed by atoms with Crippen LogP contribution in [-0.4, -0.2) is 47.2 Å². The SMILES string of the molecule is C[C@]1(CCC(=O)O)Oc2ccccc2[C@@H]2OC[C@]3(CCCN(C(=O)c4ccc(F)c(Cl)c4)C3)C[C@H]21. The highest BCUT2D eigenvalue weighted by Gasteiger charge is 2.55. The molecule has 2 aromatic rings. The molecule has 2 fully saturated rings. The first-order chi connectivity index (χ1) is 16.7. The van der Waals surface area contributed by atoms with Crippen molar-refractivity contribution in [2.24, 2.45) is 11.3 Å². The maximum Gasteiger partial charge on any atom is 0.303 e. The van der Waals surface area contributed by atoms with Crippen molar-refractivity contribution in [2.75, 3.05) is 19.7 Å². The van der Waals surface area contributed by atoms with Crippen molar-refractivity contribution in [3.05, 3.63) is 64.4 Å². The molecular weight excluding hydrogens is 473 g/mol. The van der Waals surface area contributed by atoms with Gasteiger partial charge in [0.2, 0.25) is 0 Å². The number of carbonyl (C=O) groups is 2. The second kappa shape index (κ2) is 9.10. The summed E-state index contributed by atoms with van der Waals surface area (Å²) in [7, 11) is 0. The van der Waals surface area contributed by atoms with Gasteiger partial charge in [0.15, 0.2) is 0 Å². The van der Waals surface area contributed by atoms with Crippen LogP contribution >= 0.6 is 11.6 Å². The number of rotatable bonds is 4. The Morgan fingerprint density at radius 3 is 2.83 bits per heavy atom. The van der Waals surface area contributed by atoms with Gasteiger partial charge in [-0.05, 0) is 56.9 Å². The lowest BCUT2D eigenvalue weighted by molar-refractivity contribution is -0.181.